The normalized spacial score (nSPS) is 10.6. The van der Waals surface area contributed by atoms with Crippen LogP contribution < -0.4 is 4.90 Å². The molecule has 0 saturated heterocycles. The number of benzene rings is 1. The molecule has 0 radical (unpaired) electrons. The number of nitrogens with zero attached hydrogens (tertiary/aromatic N) is 6. The van der Waals surface area contributed by atoms with Gasteiger partial charge in [-0.1, -0.05) is 11.6 Å². The topological polar surface area (TPSA) is 87.2 Å². The van der Waals surface area contributed by atoms with Gasteiger partial charge < -0.3 is 4.90 Å². The number of amides is 1. The van der Waals surface area contributed by atoms with Crippen LogP contribution in [0.3, 0.4) is 0 Å². The van der Waals surface area contributed by atoms with Crippen molar-refractivity contribution < 1.29 is 4.79 Å². The molecule has 8 heteroatoms. The zero-order chi connectivity index (χ0) is 19.7. The Bertz CT molecular complexity index is 1230. The Morgan fingerprint density at radius 2 is 1.93 bits per heavy atom. The molecule has 3 aromatic heterocycles. The van der Waals surface area contributed by atoms with E-state index in [4.69, 9.17) is 16.9 Å². The van der Waals surface area contributed by atoms with Crippen molar-refractivity contribution in [2.45, 2.75) is 0 Å². The molecule has 4 rings (SSSR count). The summed E-state index contributed by atoms with van der Waals surface area (Å²) in [5, 5.41) is 9.28. The van der Waals surface area contributed by atoms with Crippen LogP contribution in [-0.4, -0.2) is 32.3 Å². The summed E-state index contributed by atoms with van der Waals surface area (Å²) >= 11 is 5.99. The highest BCUT2D eigenvalue weighted by Crippen LogP contribution is 2.23. The number of aromatic nitrogens is 4. The summed E-state index contributed by atoms with van der Waals surface area (Å²) in [5.74, 6) is -0.279. The van der Waals surface area contributed by atoms with Gasteiger partial charge in [0.05, 0.1) is 29.7 Å². The van der Waals surface area contributed by atoms with Crippen molar-refractivity contribution in [1.29, 1.82) is 5.26 Å². The minimum Gasteiger partial charge on any atom is -0.310 e. The van der Waals surface area contributed by atoms with Crippen LogP contribution >= 0.6 is 11.6 Å². The van der Waals surface area contributed by atoms with E-state index in [0.717, 1.165) is 11.3 Å². The Morgan fingerprint density at radius 3 is 2.64 bits per heavy atom. The second kappa shape index (κ2) is 7.10. The van der Waals surface area contributed by atoms with E-state index in [2.05, 4.69) is 21.0 Å². The lowest BCUT2D eigenvalue weighted by Crippen LogP contribution is -2.27. The van der Waals surface area contributed by atoms with E-state index in [1.165, 1.54) is 4.90 Å². The zero-order valence-electron chi connectivity index (χ0n) is 14.7. The lowest BCUT2D eigenvalue weighted by Gasteiger charge is -2.17. The molecule has 0 aliphatic heterocycles. The number of hydrogen-bond acceptors (Lipinski definition) is 5. The maximum atomic E-state index is 12.9. The molecule has 0 spiro atoms. The number of carbonyl (C=O) groups excluding carboxylic acids is 1. The van der Waals surface area contributed by atoms with E-state index in [-0.39, 0.29) is 11.6 Å². The fraction of sp³-hybridized carbons (Fsp3) is 0.0500. The van der Waals surface area contributed by atoms with Crippen molar-refractivity contribution >= 4 is 28.8 Å². The minimum atomic E-state index is -0.279. The quantitative estimate of drug-likeness (QED) is 0.500. The van der Waals surface area contributed by atoms with Crippen LogP contribution in [0, 0.1) is 11.3 Å². The van der Waals surface area contributed by atoms with Gasteiger partial charge in [-0.2, -0.15) is 5.26 Å². The lowest BCUT2D eigenvalue weighted by molar-refractivity contribution is 0.0988. The summed E-state index contributed by atoms with van der Waals surface area (Å²) in [6.07, 6.45) is 6.50. The summed E-state index contributed by atoms with van der Waals surface area (Å²) in [5.41, 5.74) is 3.68. The van der Waals surface area contributed by atoms with Crippen molar-refractivity contribution in [2.24, 2.45) is 0 Å². The molecule has 0 bridgehead atoms. The predicted octanol–water partition coefficient (Wildman–Crippen LogP) is 3.59. The standard InChI is InChI=1S/C20H13ClN6O/c1-26(15-4-2-13(9-22)3-5-15)20(28)16-12-27-17(10-25-19(27)11-24-16)14-6-7-23-18(21)8-14/h2-8,10-12H,1H3. The van der Waals surface area contributed by atoms with E-state index in [0.29, 0.717) is 22.1 Å². The Morgan fingerprint density at radius 1 is 1.14 bits per heavy atom. The third kappa shape index (κ3) is 3.17. The van der Waals surface area contributed by atoms with Crippen LogP contribution in [0.4, 0.5) is 5.69 Å². The molecular formula is C20H13ClN6O. The molecule has 0 unspecified atom stereocenters. The van der Waals surface area contributed by atoms with Crippen LogP contribution in [0.1, 0.15) is 16.1 Å². The number of carbonyl (C=O) groups is 1. The first-order valence-electron chi connectivity index (χ1n) is 8.30. The molecule has 1 amide bonds. The number of fused-ring (bicyclic) bond motifs is 1. The average molecular weight is 389 g/mol. The number of anilines is 1. The molecule has 136 valence electrons. The Balaban J connectivity index is 1.71. The SMILES string of the molecule is CN(C(=O)c1cn2c(-c3ccnc(Cl)c3)cnc2cn1)c1ccc(C#N)cc1. The highest BCUT2D eigenvalue weighted by Gasteiger charge is 2.17. The minimum absolute atomic E-state index is 0.263. The van der Waals surface area contributed by atoms with Crippen LogP contribution in [-0.2, 0) is 0 Å². The number of imidazole rings is 1. The third-order valence-electron chi connectivity index (χ3n) is 4.33. The maximum Gasteiger partial charge on any atom is 0.278 e. The van der Waals surface area contributed by atoms with Crippen LogP contribution in [0.2, 0.25) is 5.15 Å². The molecule has 28 heavy (non-hydrogen) atoms. The molecule has 0 aliphatic rings. The summed E-state index contributed by atoms with van der Waals surface area (Å²) in [6, 6.07) is 12.4. The first-order chi connectivity index (χ1) is 13.6. The first-order valence-corrected chi connectivity index (χ1v) is 8.68. The van der Waals surface area contributed by atoms with Crippen molar-refractivity contribution in [3.8, 4) is 17.3 Å². The van der Waals surface area contributed by atoms with E-state index in [1.807, 2.05) is 6.07 Å². The van der Waals surface area contributed by atoms with Gasteiger partial charge >= 0.3 is 0 Å². The maximum absolute atomic E-state index is 12.9. The second-order valence-electron chi connectivity index (χ2n) is 6.03. The fourth-order valence-electron chi connectivity index (χ4n) is 2.82. The molecule has 7 nitrogen and oxygen atoms in total. The number of hydrogen-bond donors (Lipinski definition) is 0. The molecule has 0 atom stereocenters. The molecule has 0 saturated carbocycles. The van der Waals surface area contributed by atoms with E-state index in [1.54, 1.807) is 66.6 Å². The average Bonchev–Trinajstić information content (AvgIpc) is 3.16. The monoisotopic (exact) mass is 388 g/mol. The molecule has 0 N–H and O–H groups in total. The second-order valence-corrected chi connectivity index (χ2v) is 6.42. The number of nitriles is 1. The summed E-state index contributed by atoms with van der Waals surface area (Å²) in [4.78, 5) is 26.9. The Kier molecular flexibility index (Phi) is 4.47. The van der Waals surface area contributed by atoms with Gasteiger partial charge in [0.2, 0.25) is 0 Å². The van der Waals surface area contributed by atoms with Gasteiger partial charge in [0, 0.05) is 30.7 Å². The van der Waals surface area contributed by atoms with Crippen LogP contribution in [0.25, 0.3) is 16.9 Å². The van der Waals surface area contributed by atoms with Gasteiger partial charge in [-0.25, -0.2) is 15.0 Å². The molecular weight excluding hydrogens is 376 g/mol. The predicted molar refractivity (Wildman–Crippen MR) is 105 cm³/mol. The fourth-order valence-corrected chi connectivity index (χ4v) is 3.00. The zero-order valence-corrected chi connectivity index (χ0v) is 15.5. The van der Waals surface area contributed by atoms with E-state index in [9.17, 15) is 4.79 Å². The van der Waals surface area contributed by atoms with Crippen molar-refractivity contribution in [2.75, 3.05) is 11.9 Å². The van der Waals surface area contributed by atoms with E-state index < -0.39 is 0 Å². The van der Waals surface area contributed by atoms with Crippen LogP contribution in [0.5, 0.6) is 0 Å². The van der Waals surface area contributed by atoms with E-state index >= 15 is 0 Å². The van der Waals surface area contributed by atoms with Crippen molar-refractivity contribution in [3.63, 3.8) is 0 Å². The van der Waals surface area contributed by atoms with Gasteiger partial charge in [-0.3, -0.25) is 9.20 Å². The van der Waals surface area contributed by atoms with Crippen molar-refractivity contribution in [1.82, 2.24) is 19.4 Å². The highest BCUT2D eigenvalue weighted by molar-refractivity contribution is 6.29. The lowest BCUT2D eigenvalue weighted by atomic mass is 10.2. The third-order valence-corrected chi connectivity index (χ3v) is 4.53. The van der Waals surface area contributed by atoms with Gasteiger partial charge in [0.1, 0.15) is 10.8 Å². The summed E-state index contributed by atoms with van der Waals surface area (Å²) in [6.45, 7) is 0. The molecule has 4 aromatic rings. The molecule has 0 aliphatic carbocycles. The molecule has 3 heterocycles. The summed E-state index contributed by atoms with van der Waals surface area (Å²) in [7, 11) is 1.66. The van der Waals surface area contributed by atoms with Gasteiger partial charge in [-0.15, -0.1) is 0 Å². The van der Waals surface area contributed by atoms with Gasteiger partial charge in [-0.05, 0) is 36.4 Å². The largest absolute Gasteiger partial charge is 0.310 e. The van der Waals surface area contributed by atoms with Gasteiger partial charge in [0.15, 0.2) is 5.65 Å². The first kappa shape index (κ1) is 17.6. The molecule has 0 fully saturated rings. The smallest absolute Gasteiger partial charge is 0.278 e. The number of rotatable bonds is 3. The van der Waals surface area contributed by atoms with Crippen molar-refractivity contribution in [3.05, 3.63) is 77.6 Å². The van der Waals surface area contributed by atoms with Crippen LogP contribution in [0.15, 0.2) is 61.2 Å². The Hall–Kier alpha value is -3.76. The molecule has 1 aromatic carbocycles. The highest BCUT2D eigenvalue weighted by atomic mass is 35.5. The number of pyridine rings is 1. The Labute approximate surface area is 165 Å². The number of halogens is 1. The van der Waals surface area contributed by atoms with Gasteiger partial charge in [0.25, 0.3) is 5.91 Å². The summed E-state index contributed by atoms with van der Waals surface area (Å²) < 4.78 is 1.79.